The second-order valence-corrected chi connectivity index (χ2v) is 3.39. The molecule has 0 atom stereocenters. The van der Waals surface area contributed by atoms with Crippen LogP contribution in [0.1, 0.15) is 17.1 Å². The van der Waals surface area contributed by atoms with Crippen LogP contribution in [0.25, 0.3) is 5.78 Å². The van der Waals surface area contributed by atoms with E-state index in [-0.39, 0.29) is 12.2 Å². The number of nitrogens with zero attached hydrogens (tertiary/aromatic N) is 3. The third-order valence-corrected chi connectivity index (χ3v) is 2.33. The zero-order valence-electron chi connectivity index (χ0n) is 8.61. The third kappa shape index (κ3) is 1.52. The molecule has 2 rings (SSSR count). The zero-order chi connectivity index (χ0) is 11.0. The summed E-state index contributed by atoms with van der Waals surface area (Å²) in [5.74, 6) is 1.05. The largest absolute Gasteiger partial charge is 0.396 e. The molecule has 0 aromatic carbocycles. The SMILES string of the molecule is Cc1nc2[nH]c(=O)c(CCO)c(C)n2n1. The van der Waals surface area contributed by atoms with Gasteiger partial charge in [0.25, 0.3) is 5.56 Å². The van der Waals surface area contributed by atoms with Crippen molar-refractivity contribution in [3.8, 4) is 0 Å². The fourth-order valence-electron chi connectivity index (χ4n) is 1.61. The number of hydrogen-bond acceptors (Lipinski definition) is 4. The second kappa shape index (κ2) is 3.47. The molecular formula is C9H12N4O2. The smallest absolute Gasteiger partial charge is 0.255 e. The first-order valence-electron chi connectivity index (χ1n) is 4.69. The third-order valence-electron chi connectivity index (χ3n) is 2.33. The van der Waals surface area contributed by atoms with Gasteiger partial charge in [0.2, 0.25) is 5.78 Å². The van der Waals surface area contributed by atoms with E-state index in [1.165, 1.54) is 0 Å². The Morgan fingerprint density at radius 2 is 2.20 bits per heavy atom. The predicted molar refractivity (Wildman–Crippen MR) is 53.9 cm³/mol. The Morgan fingerprint density at radius 3 is 2.87 bits per heavy atom. The predicted octanol–water partition coefficient (Wildman–Crippen LogP) is -0.431. The van der Waals surface area contributed by atoms with E-state index < -0.39 is 0 Å². The van der Waals surface area contributed by atoms with Gasteiger partial charge in [0.1, 0.15) is 5.82 Å². The van der Waals surface area contributed by atoms with Gasteiger partial charge in [0.05, 0.1) is 5.69 Å². The number of hydrogen-bond donors (Lipinski definition) is 2. The molecule has 0 spiro atoms. The van der Waals surface area contributed by atoms with Crippen molar-refractivity contribution in [1.82, 2.24) is 19.6 Å². The van der Waals surface area contributed by atoms with Crippen molar-refractivity contribution < 1.29 is 5.11 Å². The maximum absolute atomic E-state index is 11.6. The first-order valence-corrected chi connectivity index (χ1v) is 4.69. The molecule has 0 unspecified atom stereocenters. The van der Waals surface area contributed by atoms with E-state index >= 15 is 0 Å². The summed E-state index contributed by atoms with van der Waals surface area (Å²) in [4.78, 5) is 18.3. The summed E-state index contributed by atoms with van der Waals surface area (Å²) in [5, 5.41) is 13.0. The Morgan fingerprint density at radius 1 is 1.47 bits per heavy atom. The zero-order valence-corrected chi connectivity index (χ0v) is 8.61. The number of aromatic nitrogens is 4. The monoisotopic (exact) mass is 208 g/mol. The number of aromatic amines is 1. The van der Waals surface area contributed by atoms with Crippen molar-refractivity contribution in [2.45, 2.75) is 20.3 Å². The molecule has 0 saturated heterocycles. The van der Waals surface area contributed by atoms with Crippen LogP contribution in [-0.2, 0) is 6.42 Å². The molecule has 0 saturated carbocycles. The van der Waals surface area contributed by atoms with Crippen molar-refractivity contribution in [2.75, 3.05) is 6.61 Å². The molecule has 6 heteroatoms. The van der Waals surface area contributed by atoms with Crippen LogP contribution in [-0.4, -0.2) is 31.3 Å². The van der Waals surface area contributed by atoms with Crippen molar-refractivity contribution >= 4 is 5.78 Å². The number of H-pyrrole nitrogens is 1. The van der Waals surface area contributed by atoms with Crippen LogP contribution in [0, 0.1) is 13.8 Å². The Balaban J connectivity index is 2.77. The maximum Gasteiger partial charge on any atom is 0.255 e. The minimum atomic E-state index is -0.207. The lowest BCUT2D eigenvalue weighted by Gasteiger charge is -2.03. The topological polar surface area (TPSA) is 83.3 Å². The summed E-state index contributed by atoms with van der Waals surface area (Å²) in [7, 11) is 0. The van der Waals surface area contributed by atoms with Gasteiger partial charge in [-0.15, -0.1) is 0 Å². The van der Waals surface area contributed by atoms with Gasteiger partial charge in [0.15, 0.2) is 0 Å². The Hall–Kier alpha value is -1.69. The summed E-state index contributed by atoms with van der Waals surface area (Å²) in [6, 6.07) is 0. The van der Waals surface area contributed by atoms with Gasteiger partial charge < -0.3 is 5.11 Å². The Labute approximate surface area is 85.6 Å². The van der Waals surface area contributed by atoms with E-state index in [1.807, 2.05) is 0 Å². The molecule has 2 aromatic rings. The molecule has 0 aliphatic rings. The molecule has 2 N–H and O–H groups in total. The number of rotatable bonds is 2. The molecule has 15 heavy (non-hydrogen) atoms. The van der Waals surface area contributed by atoms with Crippen molar-refractivity contribution in [2.24, 2.45) is 0 Å². The molecule has 80 valence electrons. The number of aliphatic hydroxyl groups excluding tert-OH is 1. The lowest BCUT2D eigenvalue weighted by atomic mass is 10.2. The van der Waals surface area contributed by atoms with Crippen LogP contribution in [0.3, 0.4) is 0 Å². The van der Waals surface area contributed by atoms with Gasteiger partial charge >= 0.3 is 0 Å². The van der Waals surface area contributed by atoms with E-state index in [2.05, 4.69) is 15.1 Å². The van der Waals surface area contributed by atoms with E-state index in [0.29, 0.717) is 23.6 Å². The van der Waals surface area contributed by atoms with E-state index in [9.17, 15) is 4.79 Å². The summed E-state index contributed by atoms with van der Waals surface area (Å²) in [5.41, 5.74) is 1.07. The highest BCUT2D eigenvalue weighted by atomic mass is 16.3. The van der Waals surface area contributed by atoms with E-state index in [0.717, 1.165) is 5.69 Å². The van der Waals surface area contributed by atoms with Crippen molar-refractivity contribution in [3.63, 3.8) is 0 Å². The van der Waals surface area contributed by atoms with Gasteiger partial charge in [-0.2, -0.15) is 10.1 Å². The van der Waals surface area contributed by atoms with Gasteiger partial charge in [-0.05, 0) is 13.8 Å². The normalized spacial score (nSPS) is 11.1. The van der Waals surface area contributed by atoms with Crippen LogP contribution >= 0.6 is 0 Å². The molecule has 0 amide bonds. The number of fused-ring (bicyclic) bond motifs is 1. The Bertz CT molecular complexity index is 555. The number of aryl methyl sites for hydroxylation is 2. The van der Waals surface area contributed by atoms with Crippen LogP contribution in [0.5, 0.6) is 0 Å². The van der Waals surface area contributed by atoms with Crippen LogP contribution in [0.2, 0.25) is 0 Å². The summed E-state index contributed by atoms with van der Waals surface area (Å²) < 4.78 is 1.59. The minimum Gasteiger partial charge on any atom is -0.396 e. The minimum absolute atomic E-state index is 0.0525. The van der Waals surface area contributed by atoms with Crippen molar-refractivity contribution in [3.05, 3.63) is 27.4 Å². The number of aliphatic hydroxyl groups is 1. The van der Waals surface area contributed by atoms with E-state index in [1.54, 1.807) is 18.4 Å². The average molecular weight is 208 g/mol. The molecular weight excluding hydrogens is 196 g/mol. The lowest BCUT2D eigenvalue weighted by molar-refractivity contribution is 0.298. The summed E-state index contributed by atoms with van der Waals surface area (Å²) in [6.07, 6.45) is 0.329. The van der Waals surface area contributed by atoms with Crippen LogP contribution < -0.4 is 5.56 Å². The maximum atomic E-state index is 11.6. The Kier molecular flexibility index (Phi) is 2.28. The molecule has 0 fully saturated rings. The van der Waals surface area contributed by atoms with Crippen molar-refractivity contribution in [1.29, 1.82) is 0 Å². The quantitative estimate of drug-likeness (QED) is 0.701. The standard InChI is InChI=1S/C9H12N4O2/c1-5-7(3-4-14)8(15)11-9-10-6(2)12-13(5)9/h14H,3-4H2,1-2H3,(H,10,11,12,15). The molecule has 2 heterocycles. The molecule has 0 aliphatic heterocycles. The highest BCUT2D eigenvalue weighted by molar-refractivity contribution is 5.32. The van der Waals surface area contributed by atoms with E-state index in [4.69, 9.17) is 5.11 Å². The molecule has 6 nitrogen and oxygen atoms in total. The van der Waals surface area contributed by atoms with Gasteiger partial charge in [0, 0.05) is 18.6 Å². The van der Waals surface area contributed by atoms with Crippen LogP contribution in [0.4, 0.5) is 0 Å². The summed E-state index contributed by atoms with van der Waals surface area (Å²) >= 11 is 0. The fourth-order valence-corrected chi connectivity index (χ4v) is 1.61. The van der Waals surface area contributed by atoms with Gasteiger partial charge in [-0.25, -0.2) is 4.52 Å². The summed E-state index contributed by atoms with van der Waals surface area (Å²) in [6.45, 7) is 3.50. The highest BCUT2D eigenvalue weighted by Gasteiger charge is 2.10. The number of nitrogens with one attached hydrogen (secondary N) is 1. The van der Waals surface area contributed by atoms with Gasteiger partial charge in [-0.1, -0.05) is 0 Å². The highest BCUT2D eigenvalue weighted by Crippen LogP contribution is 2.04. The molecule has 0 radical (unpaired) electrons. The molecule has 0 bridgehead atoms. The van der Waals surface area contributed by atoms with Crippen LogP contribution in [0.15, 0.2) is 4.79 Å². The second-order valence-electron chi connectivity index (χ2n) is 3.39. The average Bonchev–Trinajstić information content (AvgIpc) is 2.53. The fraction of sp³-hybridized carbons (Fsp3) is 0.444. The van der Waals surface area contributed by atoms with Gasteiger partial charge in [-0.3, -0.25) is 9.78 Å². The lowest BCUT2D eigenvalue weighted by Crippen LogP contribution is -2.19. The molecule has 0 aliphatic carbocycles. The molecule has 2 aromatic heterocycles. The first kappa shape index (κ1) is 9.85. The first-order chi connectivity index (χ1) is 7.13.